The number of nitrogens with one attached hydrogen (secondary N) is 1. The highest BCUT2D eigenvalue weighted by Gasteiger charge is 2.43. The van der Waals surface area contributed by atoms with Gasteiger partial charge in [0, 0.05) is 6.04 Å². The maximum atomic E-state index is 3.70. The minimum atomic E-state index is 0.723. The fourth-order valence-corrected chi connectivity index (χ4v) is 5.83. The summed E-state index contributed by atoms with van der Waals surface area (Å²) < 4.78 is 0. The molecule has 7 atom stereocenters. The minimum absolute atomic E-state index is 0.723. The smallest absolute Gasteiger partial charge is 0.0123 e. The number of unbranched alkanes of at least 4 members (excludes halogenated alkanes) is 4. The Morgan fingerprint density at radius 2 is 1.40 bits per heavy atom. The van der Waals surface area contributed by atoms with Gasteiger partial charge in [-0.1, -0.05) is 99.3 Å². The van der Waals surface area contributed by atoms with E-state index in [0.717, 1.165) is 41.5 Å². The summed E-state index contributed by atoms with van der Waals surface area (Å²) in [6, 6.07) is 0.723. The third-order valence-electron chi connectivity index (χ3n) is 7.72. The SMILES string of the molecule is CCCCCC(C)CCCCCC1C(C)C(CC)C(C)C(C)C1NC. The van der Waals surface area contributed by atoms with E-state index in [2.05, 4.69) is 53.9 Å². The molecule has 0 bridgehead atoms. The summed E-state index contributed by atoms with van der Waals surface area (Å²) in [5.74, 6) is 5.29. The second kappa shape index (κ2) is 12.4. The molecule has 0 heterocycles. The van der Waals surface area contributed by atoms with Crippen LogP contribution in [0.5, 0.6) is 0 Å². The molecular formula is C24H49N. The van der Waals surface area contributed by atoms with E-state index >= 15 is 0 Å². The first-order chi connectivity index (χ1) is 12.0. The van der Waals surface area contributed by atoms with Crippen LogP contribution in [0.1, 0.15) is 106 Å². The second-order valence-corrected chi connectivity index (χ2v) is 9.37. The summed E-state index contributed by atoms with van der Waals surface area (Å²) in [5.41, 5.74) is 0. The van der Waals surface area contributed by atoms with Gasteiger partial charge in [-0.05, 0) is 49.0 Å². The Hall–Kier alpha value is -0.0400. The molecule has 0 saturated heterocycles. The Bertz CT molecular complexity index is 326. The first kappa shape index (κ1) is 23.0. The van der Waals surface area contributed by atoms with Gasteiger partial charge in [0.25, 0.3) is 0 Å². The summed E-state index contributed by atoms with van der Waals surface area (Å²) >= 11 is 0. The molecule has 1 N–H and O–H groups in total. The van der Waals surface area contributed by atoms with Crippen molar-refractivity contribution in [2.45, 2.75) is 112 Å². The Kier molecular flexibility index (Phi) is 11.4. The van der Waals surface area contributed by atoms with Crippen molar-refractivity contribution in [2.24, 2.45) is 35.5 Å². The number of hydrogen-bond acceptors (Lipinski definition) is 1. The molecule has 0 aromatic carbocycles. The predicted octanol–water partition coefficient (Wildman–Crippen LogP) is 7.31. The van der Waals surface area contributed by atoms with Crippen LogP contribution in [0.15, 0.2) is 0 Å². The van der Waals surface area contributed by atoms with Gasteiger partial charge in [-0.15, -0.1) is 0 Å². The molecule has 1 rings (SSSR count). The third kappa shape index (κ3) is 6.89. The van der Waals surface area contributed by atoms with Gasteiger partial charge in [-0.2, -0.15) is 0 Å². The first-order valence-electron chi connectivity index (χ1n) is 11.6. The lowest BCUT2D eigenvalue weighted by Gasteiger charge is -2.49. The molecule has 0 amide bonds. The summed E-state index contributed by atoms with van der Waals surface area (Å²) in [7, 11) is 2.19. The van der Waals surface area contributed by atoms with Crippen LogP contribution in [0.4, 0.5) is 0 Å². The van der Waals surface area contributed by atoms with Gasteiger partial charge >= 0.3 is 0 Å². The predicted molar refractivity (Wildman–Crippen MR) is 114 cm³/mol. The topological polar surface area (TPSA) is 12.0 Å². The van der Waals surface area contributed by atoms with Crippen LogP contribution in [0.2, 0.25) is 0 Å². The van der Waals surface area contributed by atoms with Crippen LogP contribution in [0, 0.1) is 35.5 Å². The summed E-state index contributed by atoms with van der Waals surface area (Å²) in [4.78, 5) is 0. The molecule has 0 radical (unpaired) electrons. The van der Waals surface area contributed by atoms with E-state index in [9.17, 15) is 0 Å². The van der Waals surface area contributed by atoms with E-state index in [0.29, 0.717) is 0 Å². The molecule has 1 aliphatic rings. The molecular weight excluding hydrogens is 302 g/mol. The van der Waals surface area contributed by atoms with Crippen LogP contribution in [0.25, 0.3) is 0 Å². The van der Waals surface area contributed by atoms with Gasteiger partial charge in [0.1, 0.15) is 0 Å². The highest BCUT2D eigenvalue weighted by atomic mass is 14.9. The van der Waals surface area contributed by atoms with Crippen molar-refractivity contribution in [3.63, 3.8) is 0 Å². The Balaban J connectivity index is 2.36. The number of rotatable bonds is 12. The van der Waals surface area contributed by atoms with Crippen LogP contribution < -0.4 is 5.32 Å². The molecule has 0 aromatic rings. The fourth-order valence-electron chi connectivity index (χ4n) is 5.83. The van der Waals surface area contributed by atoms with Crippen molar-refractivity contribution in [1.29, 1.82) is 0 Å². The first-order valence-corrected chi connectivity index (χ1v) is 11.6. The van der Waals surface area contributed by atoms with E-state index in [1.165, 1.54) is 64.2 Å². The van der Waals surface area contributed by atoms with Gasteiger partial charge in [0.2, 0.25) is 0 Å². The highest BCUT2D eigenvalue weighted by Crippen LogP contribution is 2.45. The summed E-state index contributed by atoms with van der Waals surface area (Å²) in [5, 5.41) is 3.70. The zero-order valence-corrected chi connectivity index (χ0v) is 18.6. The van der Waals surface area contributed by atoms with E-state index in [1.807, 2.05) is 0 Å². The molecule has 7 unspecified atom stereocenters. The molecule has 1 fully saturated rings. The van der Waals surface area contributed by atoms with Crippen LogP contribution in [-0.2, 0) is 0 Å². The van der Waals surface area contributed by atoms with Gasteiger partial charge in [0.05, 0.1) is 0 Å². The van der Waals surface area contributed by atoms with Gasteiger partial charge < -0.3 is 5.32 Å². The summed E-state index contributed by atoms with van der Waals surface area (Å²) in [6.45, 7) is 14.7. The van der Waals surface area contributed by atoms with E-state index in [1.54, 1.807) is 0 Å². The van der Waals surface area contributed by atoms with Crippen molar-refractivity contribution < 1.29 is 0 Å². The van der Waals surface area contributed by atoms with Gasteiger partial charge in [-0.3, -0.25) is 0 Å². The van der Waals surface area contributed by atoms with Crippen molar-refractivity contribution >= 4 is 0 Å². The molecule has 1 heteroatoms. The van der Waals surface area contributed by atoms with E-state index in [-0.39, 0.29) is 0 Å². The van der Waals surface area contributed by atoms with E-state index in [4.69, 9.17) is 0 Å². The van der Waals surface area contributed by atoms with Crippen LogP contribution in [-0.4, -0.2) is 13.1 Å². The molecule has 25 heavy (non-hydrogen) atoms. The lowest BCUT2D eigenvalue weighted by molar-refractivity contribution is 0.0219. The highest BCUT2D eigenvalue weighted by molar-refractivity contribution is 4.95. The van der Waals surface area contributed by atoms with Crippen molar-refractivity contribution in [1.82, 2.24) is 5.32 Å². The lowest BCUT2D eigenvalue weighted by atomic mass is 9.59. The minimum Gasteiger partial charge on any atom is -0.316 e. The average Bonchev–Trinajstić information content (AvgIpc) is 2.59. The lowest BCUT2D eigenvalue weighted by Crippen LogP contribution is -2.52. The van der Waals surface area contributed by atoms with Crippen molar-refractivity contribution in [3.05, 3.63) is 0 Å². The van der Waals surface area contributed by atoms with Gasteiger partial charge in [0.15, 0.2) is 0 Å². The molecule has 150 valence electrons. The molecule has 1 aliphatic carbocycles. The maximum Gasteiger partial charge on any atom is 0.0123 e. The Morgan fingerprint density at radius 1 is 0.760 bits per heavy atom. The van der Waals surface area contributed by atoms with Gasteiger partial charge in [-0.25, -0.2) is 0 Å². The molecule has 0 aromatic heterocycles. The summed E-state index contributed by atoms with van der Waals surface area (Å²) in [6.07, 6.45) is 14.2. The number of hydrogen-bond donors (Lipinski definition) is 1. The zero-order valence-electron chi connectivity index (χ0n) is 18.6. The standard InChI is InChI=1S/C24H49N/c1-8-10-12-15-18(3)16-13-11-14-17-23-21(6)22(9-2)19(4)20(5)24(23)25-7/h18-25H,8-17H2,1-7H3. The molecule has 1 nitrogen and oxygen atoms in total. The molecule has 1 saturated carbocycles. The fraction of sp³-hybridized carbons (Fsp3) is 1.00. The second-order valence-electron chi connectivity index (χ2n) is 9.37. The third-order valence-corrected chi connectivity index (χ3v) is 7.72. The largest absolute Gasteiger partial charge is 0.316 e. The van der Waals surface area contributed by atoms with Crippen LogP contribution in [0.3, 0.4) is 0 Å². The molecule has 0 aliphatic heterocycles. The Labute approximate surface area is 160 Å². The zero-order chi connectivity index (χ0) is 18.8. The normalized spacial score (nSPS) is 34.2. The molecule has 0 spiro atoms. The Morgan fingerprint density at radius 3 is 1.96 bits per heavy atom. The van der Waals surface area contributed by atoms with E-state index < -0.39 is 0 Å². The monoisotopic (exact) mass is 351 g/mol. The van der Waals surface area contributed by atoms with Crippen molar-refractivity contribution in [2.75, 3.05) is 7.05 Å². The maximum absolute atomic E-state index is 3.70. The van der Waals surface area contributed by atoms with Crippen LogP contribution >= 0.6 is 0 Å². The quantitative estimate of drug-likeness (QED) is 0.363. The average molecular weight is 352 g/mol. The van der Waals surface area contributed by atoms with Crippen molar-refractivity contribution in [3.8, 4) is 0 Å².